The number of Topliss-reactive ketones (excluding diaryl/α,β-unsaturated/α-hetero) is 1. The Hall–Kier alpha value is -2.36. The fourth-order valence-corrected chi connectivity index (χ4v) is 7.87. The lowest BCUT2D eigenvalue weighted by atomic mass is 9.68. The molecule has 4 heterocycles. The third-order valence-corrected chi connectivity index (χ3v) is 10.3. The van der Waals surface area contributed by atoms with Crippen LogP contribution in [0.15, 0.2) is 30.9 Å². The zero-order chi connectivity index (χ0) is 29.4. The van der Waals surface area contributed by atoms with E-state index in [-0.39, 0.29) is 36.2 Å². The van der Waals surface area contributed by atoms with E-state index < -0.39 is 18.0 Å². The molecule has 5 aliphatic rings. The van der Waals surface area contributed by atoms with Crippen LogP contribution in [0.5, 0.6) is 0 Å². The summed E-state index contributed by atoms with van der Waals surface area (Å²) in [5.41, 5.74) is 1.25. The molecule has 7 atom stereocenters. The van der Waals surface area contributed by atoms with Crippen molar-refractivity contribution in [2.75, 3.05) is 39.8 Å². The molecule has 1 aromatic rings. The minimum Gasteiger partial charge on any atom is -0.362 e. The van der Waals surface area contributed by atoms with Gasteiger partial charge in [0.05, 0.1) is 44.0 Å². The number of nitrogens with zero attached hydrogens (tertiary/aromatic N) is 4. The molecule has 1 saturated carbocycles. The van der Waals surface area contributed by atoms with Crippen molar-refractivity contribution in [2.24, 2.45) is 5.92 Å². The van der Waals surface area contributed by atoms with Crippen LogP contribution in [0.2, 0.25) is 5.02 Å². The number of ether oxygens (including phenoxy) is 2. The fraction of sp³-hybridized carbons (Fsp3) is 0.645. The van der Waals surface area contributed by atoms with E-state index >= 15 is 0 Å². The van der Waals surface area contributed by atoms with Crippen LogP contribution in [-0.4, -0.2) is 102 Å². The molecule has 0 bridgehead atoms. The molecule has 3 saturated heterocycles. The largest absolute Gasteiger partial charge is 0.362 e. The van der Waals surface area contributed by atoms with Crippen LogP contribution in [0.25, 0.3) is 0 Å². The molecule has 1 amide bonds. The first kappa shape index (κ1) is 29.7. The second-order valence-corrected chi connectivity index (χ2v) is 12.9. The number of likely N-dealkylation sites (N-methyl/N-ethyl adjacent to an activating group) is 1. The second-order valence-electron chi connectivity index (χ2n) is 12.4. The summed E-state index contributed by atoms with van der Waals surface area (Å²) in [5, 5.41) is 17.4. The number of piperazine rings is 1. The molecule has 42 heavy (non-hydrogen) atoms. The summed E-state index contributed by atoms with van der Waals surface area (Å²) < 4.78 is 12.8. The maximum Gasteiger partial charge on any atom is 0.246 e. The topological polar surface area (TPSA) is 110 Å². The van der Waals surface area contributed by atoms with Crippen LogP contribution < -0.4 is 10.6 Å². The smallest absolute Gasteiger partial charge is 0.246 e. The van der Waals surface area contributed by atoms with Gasteiger partial charge in [0.2, 0.25) is 5.91 Å². The van der Waals surface area contributed by atoms with E-state index in [1.54, 1.807) is 4.90 Å². The monoisotopic (exact) mass is 596 g/mol. The Kier molecular flexibility index (Phi) is 8.72. The first-order chi connectivity index (χ1) is 20.3. The van der Waals surface area contributed by atoms with Crippen molar-refractivity contribution in [3.05, 3.63) is 47.0 Å². The molecule has 1 spiro atoms. The van der Waals surface area contributed by atoms with E-state index in [0.29, 0.717) is 56.8 Å². The number of nitrogens with one attached hydrogen (secondary N) is 2. The van der Waals surface area contributed by atoms with Crippen molar-refractivity contribution < 1.29 is 19.1 Å². The van der Waals surface area contributed by atoms with E-state index in [9.17, 15) is 14.9 Å². The predicted octanol–water partition coefficient (Wildman–Crippen LogP) is 2.02. The molecule has 0 radical (unpaired) electrons. The fourth-order valence-electron chi connectivity index (χ4n) is 7.68. The van der Waals surface area contributed by atoms with Crippen molar-refractivity contribution in [1.82, 2.24) is 25.3 Å². The first-order valence-electron chi connectivity index (χ1n) is 15.2. The maximum atomic E-state index is 14.4. The van der Waals surface area contributed by atoms with E-state index in [0.717, 1.165) is 36.9 Å². The molecule has 2 N–H and O–H groups in total. The Labute approximate surface area is 252 Å². The number of fused-ring (bicyclic) bond motifs is 2. The van der Waals surface area contributed by atoms with Crippen LogP contribution in [0, 0.1) is 17.2 Å². The number of carbonyl (C=O) groups is 2. The molecule has 1 aliphatic carbocycles. The quantitative estimate of drug-likeness (QED) is 0.477. The number of benzene rings is 1. The summed E-state index contributed by atoms with van der Waals surface area (Å²) in [4.78, 5) is 33.3. The van der Waals surface area contributed by atoms with E-state index in [4.69, 9.17) is 21.1 Å². The number of rotatable bonds is 6. The lowest BCUT2D eigenvalue weighted by molar-refractivity contribution is -0.173. The summed E-state index contributed by atoms with van der Waals surface area (Å²) in [6.07, 6.45) is 5.03. The Morgan fingerprint density at radius 3 is 2.88 bits per heavy atom. The van der Waals surface area contributed by atoms with Gasteiger partial charge in [-0.1, -0.05) is 24.2 Å². The number of halogens is 1. The summed E-state index contributed by atoms with van der Waals surface area (Å²) in [6, 6.07) is 7.70. The van der Waals surface area contributed by atoms with Crippen molar-refractivity contribution in [3.8, 4) is 6.07 Å². The number of nitriles is 1. The number of hydrogen-bond donors (Lipinski definition) is 2. The van der Waals surface area contributed by atoms with Crippen LogP contribution in [-0.2, 0) is 32.1 Å². The van der Waals surface area contributed by atoms with Crippen molar-refractivity contribution >= 4 is 23.3 Å². The van der Waals surface area contributed by atoms with Crippen molar-refractivity contribution in [1.29, 1.82) is 5.26 Å². The maximum absolute atomic E-state index is 14.4. The van der Waals surface area contributed by atoms with E-state index in [1.165, 1.54) is 6.08 Å². The molecule has 6 rings (SSSR count). The third kappa shape index (κ3) is 5.64. The number of ketones is 1. The van der Waals surface area contributed by atoms with Gasteiger partial charge in [-0.3, -0.25) is 25.1 Å². The van der Waals surface area contributed by atoms with Gasteiger partial charge in [-0.25, -0.2) is 0 Å². The molecule has 11 heteroatoms. The second kappa shape index (κ2) is 12.3. The summed E-state index contributed by atoms with van der Waals surface area (Å²) in [5.74, 6) is -0.111. The standard InChI is InChI=1S/C31H41ClN6O4/c1-3-26(39)38-14-13-37(17-23(38)9-11-33)29-25-8-10-31(16-21-15-22(32)7-6-20(21)18-42-31)28(40)27(25)34-30(35-29)41-19-24-5-4-12-36(24)2/h3,6-7,15,23-25,27,29-30,34-35H,1,4-5,8-10,12-14,16-19H2,2H3/t23?,24?,25?,27?,29?,30?,31-/m1/s1. The van der Waals surface area contributed by atoms with Gasteiger partial charge >= 0.3 is 0 Å². The zero-order valence-electron chi connectivity index (χ0n) is 24.3. The Bertz CT molecular complexity index is 1260. The summed E-state index contributed by atoms with van der Waals surface area (Å²) in [7, 11) is 2.12. The van der Waals surface area contributed by atoms with Gasteiger partial charge < -0.3 is 19.3 Å². The molecule has 10 nitrogen and oxygen atoms in total. The lowest BCUT2D eigenvalue weighted by Crippen LogP contribution is -2.75. The van der Waals surface area contributed by atoms with Gasteiger partial charge in [-0.05, 0) is 68.6 Å². The Morgan fingerprint density at radius 1 is 1.26 bits per heavy atom. The van der Waals surface area contributed by atoms with Gasteiger partial charge in [0.25, 0.3) is 0 Å². The predicted molar refractivity (Wildman–Crippen MR) is 157 cm³/mol. The average Bonchev–Trinajstić information content (AvgIpc) is 3.41. The molecule has 1 aromatic carbocycles. The first-order valence-corrected chi connectivity index (χ1v) is 15.5. The molecule has 226 valence electrons. The van der Waals surface area contributed by atoms with Crippen molar-refractivity contribution in [2.45, 2.75) is 81.4 Å². The number of hydrogen-bond acceptors (Lipinski definition) is 9. The third-order valence-electron chi connectivity index (χ3n) is 10.1. The highest BCUT2D eigenvalue weighted by atomic mass is 35.5. The van der Waals surface area contributed by atoms with Gasteiger partial charge in [0.1, 0.15) is 5.60 Å². The Balaban J connectivity index is 1.24. The highest BCUT2D eigenvalue weighted by molar-refractivity contribution is 6.30. The van der Waals surface area contributed by atoms with Crippen LogP contribution in [0.3, 0.4) is 0 Å². The van der Waals surface area contributed by atoms with E-state index in [1.807, 2.05) is 18.2 Å². The number of likely N-dealkylation sites (tertiary alicyclic amines) is 1. The number of carbonyl (C=O) groups excluding carboxylic acids is 2. The van der Waals surface area contributed by atoms with Gasteiger partial charge in [0, 0.05) is 43.0 Å². The van der Waals surface area contributed by atoms with Crippen LogP contribution in [0.4, 0.5) is 0 Å². The highest BCUT2D eigenvalue weighted by Crippen LogP contribution is 2.42. The van der Waals surface area contributed by atoms with Crippen LogP contribution >= 0.6 is 11.6 Å². The molecule has 0 aromatic heterocycles. The lowest BCUT2D eigenvalue weighted by Gasteiger charge is -2.55. The van der Waals surface area contributed by atoms with Gasteiger partial charge in [-0.2, -0.15) is 5.26 Å². The molecular weight excluding hydrogens is 556 g/mol. The summed E-state index contributed by atoms with van der Waals surface area (Å²) in [6.45, 7) is 7.32. The molecule has 6 unspecified atom stereocenters. The van der Waals surface area contributed by atoms with Gasteiger partial charge in [0.15, 0.2) is 12.1 Å². The average molecular weight is 597 g/mol. The molecule has 4 aliphatic heterocycles. The number of amides is 1. The summed E-state index contributed by atoms with van der Waals surface area (Å²) >= 11 is 6.33. The Morgan fingerprint density at radius 2 is 2.12 bits per heavy atom. The normalized spacial score (nSPS) is 35.5. The van der Waals surface area contributed by atoms with Crippen LogP contribution in [0.1, 0.15) is 43.2 Å². The van der Waals surface area contributed by atoms with Gasteiger partial charge in [-0.15, -0.1) is 0 Å². The zero-order valence-corrected chi connectivity index (χ0v) is 25.0. The van der Waals surface area contributed by atoms with Crippen molar-refractivity contribution in [3.63, 3.8) is 0 Å². The molecular formula is C31H41ClN6O4. The molecule has 4 fully saturated rings. The highest BCUT2D eigenvalue weighted by Gasteiger charge is 2.56. The SMILES string of the molecule is C=CC(=O)N1CCN(C2NC(OCC3CCCN3C)NC3C(=O)[C@@]4(CCC32)Cc2cc(Cl)ccc2CO4)CC1CC#N. The minimum atomic E-state index is -0.900. The minimum absolute atomic E-state index is 0.0223. The van der Waals surface area contributed by atoms with E-state index in [2.05, 4.69) is 40.1 Å².